The van der Waals surface area contributed by atoms with E-state index in [1.54, 1.807) is 0 Å². The van der Waals surface area contributed by atoms with Crippen LogP contribution in [0.4, 0.5) is 0 Å². The van der Waals surface area contributed by atoms with Crippen LogP contribution in [0.5, 0.6) is 0 Å². The van der Waals surface area contributed by atoms with Gasteiger partial charge in [-0.2, -0.15) is 0 Å². The summed E-state index contributed by atoms with van der Waals surface area (Å²) in [5.41, 5.74) is 2.82. The van der Waals surface area contributed by atoms with Gasteiger partial charge in [-0.3, -0.25) is 0 Å². The van der Waals surface area contributed by atoms with Crippen LogP contribution in [0.25, 0.3) is 23.4 Å². The Morgan fingerprint density at radius 2 is 1.45 bits per heavy atom. The molecule has 0 saturated heterocycles. The highest BCUT2D eigenvalue weighted by Gasteiger charge is 2.10. The van der Waals surface area contributed by atoms with E-state index in [9.17, 15) is 0 Å². The molecule has 22 heavy (non-hydrogen) atoms. The Labute approximate surface area is 139 Å². The lowest BCUT2D eigenvalue weighted by Crippen LogP contribution is -1.81. The summed E-state index contributed by atoms with van der Waals surface area (Å²) in [5.74, 6) is 1.34. The predicted molar refractivity (Wildman–Crippen MR) is 92.1 cm³/mol. The highest BCUT2D eigenvalue weighted by atomic mass is 35.5. The van der Waals surface area contributed by atoms with E-state index in [0.717, 1.165) is 27.6 Å². The van der Waals surface area contributed by atoms with Gasteiger partial charge in [0.15, 0.2) is 11.7 Å². The summed E-state index contributed by atoms with van der Waals surface area (Å²) in [5, 5.41) is 1.41. The number of oxazole rings is 1. The first kappa shape index (κ1) is 14.9. The molecule has 0 aliphatic rings. The molecule has 0 saturated carbocycles. The fourth-order valence-corrected chi connectivity index (χ4v) is 2.37. The van der Waals surface area contributed by atoms with Crippen LogP contribution in [-0.2, 0) is 0 Å². The smallest absolute Gasteiger partial charge is 0.192 e. The molecule has 0 N–H and O–H groups in total. The van der Waals surface area contributed by atoms with E-state index in [-0.39, 0.29) is 0 Å². The van der Waals surface area contributed by atoms with Gasteiger partial charge in [-0.25, -0.2) is 4.98 Å². The standard InChI is InChI=1S/C18H13Cl2NO/c1-12-21-18(14-5-9-16(20)10-6-14)17(22-12)11-4-13-2-7-15(19)8-3-13/h2-11H,1H3/b11-4+. The largest absolute Gasteiger partial charge is 0.441 e. The van der Waals surface area contributed by atoms with Gasteiger partial charge in [-0.05, 0) is 35.9 Å². The quantitative estimate of drug-likeness (QED) is 0.577. The first-order valence-electron chi connectivity index (χ1n) is 6.79. The van der Waals surface area contributed by atoms with Crippen LogP contribution in [0, 0.1) is 6.92 Å². The highest BCUT2D eigenvalue weighted by molar-refractivity contribution is 6.30. The highest BCUT2D eigenvalue weighted by Crippen LogP contribution is 2.27. The topological polar surface area (TPSA) is 26.0 Å². The van der Waals surface area contributed by atoms with Crippen molar-refractivity contribution in [1.29, 1.82) is 0 Å². The summed E-state index contributed by atoms with van der Waals surface area (Å²) in [6.45, 7) is 1.83. The van der Waals surface area contributed by atoms with Crippen molar-refractivity contribution >= 4 is 35.4 Å². The van der Waals surface area contributed by atoms with Gasteiger partial charge < -0.3 is 4.42 Å². The Kier molecular flexibility index (Phi) is 4.32. The van der Waals surface area contributed by atoms with Crippen molar-refractivity contribution in [1.82, 2.24) is 4.98 Å². The second-order valence-corrected chi connectivity index (χ2v) is 5.71. The minimum atomic E-state index is 0.626. The zero-order valence-corrected chi connectivity index (χ0v) is 13.4. The van der Waals surface area contributed by atoms with Gasteiger partial charge in [0.2, 0.25) is 0 Å². The van der Waals surface area contributed by atoms with Crippen LogP contribution < -0.4 is 0 Å². The lowest BCUT2D eigenvalue weighted by Gasteiger charge is -1.98. The number of benzene rings is 2. The molecule has 3 aromatic rings. The summed E-state index contributed by atoms with van der Waals surface area (Å²) < 4.78 is 5.69. The first-order valence-corrected chi connectivity index (χ1v) is 7.54. The van der Waals surface area contributed by atoms with Crippen molar-refractivity contribution in [3.63, 3.8) is 0 Å². The van der Waals surface area contributed by atoms with E-state index in [0.29, 0.717) is 10.9 Å². The van der Waals surface area contributed by atoms with E-state index < -0.39 is 0 Å². The molecule has 0 unspecified atom stereocenters. The molecule has 0 radical (unpaired) electrons. The van der Waals surface area contributed by atoms with Crippen LogP contribution in [0.2, 0.25) is 10.0 Å². The zero-order valence-electron chi connectivity index (χ0n) is 11.9. The Bertz CT molecular complexity index is 802. The third kappa shape index (κ3) is 3.41. The van der Waals surface area contributed by atoms with Crippen molar-refractivity contribution in [2.45, 2.75) is 6.92 Å². The molecule has 3 rings (SSSR count). The van der Waals surface area contributed by atoms with Crippen molar-refractivity contribution < 1.29 is 4.42 Å². The Morgan fingerprint density at radius 3 is 2.09 bits per heavy atom. The van der Waals surface area contributed by atoms with E-state index in [1.807, 2.05) is 67.6 Å². The Morgan fingerprint density at radius 1 is 0.864 bits per heavy atom. The van der Waals surface area contributed by atoms with Crippen molar-refractivity contribution in [3.05, 3.63) is 75.8 Å². The molecule has 2 aromatic carbocycles. The number of hydrogen-bond acceptors (Lipinski definition) is 2. The molecule has 0 amide bonds. The molecule has 0 atom stereocenters. The summed E-state index contributed by atoms with van der Waals surface area (Å²) >= 11 is 11.8. The molecule has 0 spiro atoms. The van der Waals surface area contributed by atoms with Crippen LogP contribution >= 0.6 is 23.2 Å². The number of nitrogens with zero attached hydrogens (tertiary/aromatic N) is 1. The second-order valence-electron chi connectivity index (χ2n) is 4.84. The number of halogens is 2. The van der Waals surface area contributed by atoms with E-state index in [2.05, 4.69) is 4.98 Å². The van der Waals surface area contributed by atoms with Crippen molar-refractivity contribution in [3.8, 4) is 11.3 Å². The van der Waals surface area contributed by atoms with Crippen LogP contribution in [-0.4, -0.2) is 4.98 Å². The molecular weight excluding hydrogens is 317 g/mol. The number of rotatable bonds is 3. The van der Waals surface area contributed by atoms with Gasteiger partial charge in [0.05, 0.1) is 0 Å². The van der Waals surface area contributed by atoms with E-state index in [1.165, 1.54) is 0 Å². The summed E-state index contributed by atoms with van der Waals surface area (Å²) in [4.78, 5) is 4.45. The van der Waals surface area contributed by atoms with Crippen LogP contribution in [0.3, 0.4) is 0 Å². The van der Waals surface area contributed by atoms with Crippen molar-refractivity contribution in [2.75, 3.05) is 0 Å². The minimum Gasteiger partial charge on any atom is -0.441 e. The van der Waals surface area contributed by atoms with Gasteiger partial charge >= 0.3 is 0 Å². The van der Waals surface area contributed by atoms with Crippen LogP contribution in [0.15, 0.2) is 52.9 Å². The SMILES string of the molecule is Cc1nc(-c2ccc(Cl)cc2)c(/C=C/c2ccc(Cl)cc2)o1. The monoisotopic (exact) mass is 329 g/mol. The van der Waals surface area contributed by atoms with Gasteiger partial charge in [0, 0.05) is 22.5 Å². The fraction of sp³-hybridized carbons (Fsp3) is 0.0556. The molecule has 110 valence electrons. The lowest BCUT2D eigenvalue weighted by molar-refractivity contribution is 0.513. The number of aryl methyl sites for hydroxylation is 1. The molecule has 0 aliphatic heterocycles. The Hall–Kier alpha value is -2.03. The molecule has 2 nitrogen and oxygen atoms in total. The van der Waals surface area contributed by atoms with Gasteiger partial charge in [-0.15, -0.1) is 0 Å². The number of hydrogen-bond donors (Lipinski definition) is 0. The lowest BCUT2D eigenvalue weighted by atomic mass is 10.1. The maximum atomic E-state index is 5.93. The third-order valence-electron chi connectivity index (χ3n) is 3.18. The summed E-state index contributed by atoms with van der Waals surface area (Å²) in [7, 11) is 0. The summed E-state index contributed by atoms with van der Waals surface area (Å²) in [6.07, 6.45) is 3.88. The normalized spacial score (nSPS) is 11.2. The fourth-order valence-electron chi connectivity index (χ4n) is 2.12. The molecule has 0 fully saturated rings. The van der Waals surface area contributed by atoms with Crippen molar-refractivity contribution in [2.24, 2.45) is 0 Å². The average Bonchev–Trinajstić information content (AvgIpc) is 2.88. The first-order chi connectivity index (χ1) is 10.6. The van der Waals surface area contributed by atoms with Gasteiger partial charge in [0.1, 0.15) is 5.69 Å². The van der Waals surface area contributed by atoms with Gasteiger partial charge in [0.25, 0.3) is 0 Å². The molecule has 4 heteroatoms. The van der Waals surface area contributed by atoms with Gasteiger partial charge in [-0.1, -0.05) is 53.5 Å². The average molecular weight is 330 g/mol. The molecule has 0 aliphatic carbocycles. The maximum absolute atomic E-state index is 5.93. The maximum Gasteiger partial charge on any atom is 0.192 e. The number of aromatic nitrogens is 1. The van der Waals surface area contributed by atoms with E-state index in [4.69, 9.17) is 27.6 Å². The zero-order chi connectivity index (χ0) is 15.5. The van der Waals surface area contributed by atoms with E-state index >= 15 is 0 Å². The molecule has 0 bridgehead atoms. The van der Waals surface area contributed by atoms with Crippen LogP contribution in [0.1, 0.15) is 17.2 Å². The molecule has 1 heterocycles. The molecular formula is C18H13Cl2NO. The predicted octanol–water partition coefficient (Wildman–Crippen LogP) is 6.13. The molecule has 1 aromatic heterocycles. The third-order valence-corrected chi connectivity index (χ3v) is 3.68. The second kappa shape index (κ2) is 6.39. The summed E-state index contributed by atoms with van der Waals surface area (Å²) in [6, 6.07) is 15.1. The minimum absolute atomic E-state index is 0.626. The Balaban J connectivity index is 1.94.